The van der Waals surface area contributed by atoms with Crippen molar-refractivity contribution in [3.05, 3.63) is 35.1 Å². The summed E-state index contributed by atoms with van der Waals surface area (Å²) in [5, 5.41) is 2.80. The average molecular weight is 218 g/mol. The van der Waals surface area contributed by atoms with Gasteiger partial charge in [0.05, 0.1) is 0 Å². The van der Waals surface area contributed by atoms with Gasteiger partial charge in [-0.1, -0.05) is 0 Å². The molecule has 0 aromatic heterocycles. The summed E-state index contributed by atoms with van der Waals surface area (Å²) in [7, 11) is 0. The third-order valence-electron chi connectivity index (χ3n) is 1.85. The summed E-state index contributed by atoms with van der Waals surface area (Å²) in [6, 6.07) is 1.39. The molecule has 1 aromatic carbocycles. The van der Waals surface area contributed by atoms with Crippen LogP contribution in [0.4, 0.5) is 13.2 Å². The highest BCUT2D eigenvalue weighted by Gasteiger charge is 2.10. The Morgan fingerprint density at radius 3 is 2.60 bits per heavy atom. The second-order valence-corrected chi connectivity index (χ2v) is 3.47. The van der Waals surface area contributed by atoms with Crippen LogP contribution in [0.15, 0.2) is 12.1 Å². The molecule has 0 bridgehead atoms. The quantitative estimate of drug-likeness (QED) is 0.752. The number of rotatable bonds is 4. The molecule has 2 nitrogen and oxygen atoms in total. The van der Waals surface area contributed by atoms with Gasteiger partial charge in [0.1, 0.15) is 5.82 Å². The molecule has 0 amide bonds. The lowest BCUT2D eigenvalue weighted by Crippen LogP contribution is -2.30. The lowest BCUT2D eigenvalue weighted by molar-refractivity contribution is 0.477. The molecule has 0 radical (unpaired) electrons. The Hall–Kier alpha value is -1.07. The fourth-order valence-corrected chi connectivity index (χ4v) is 1.17. The number of hydrogen-bond acceptors (Lipinski definition) is 2. The second-order valence-electron chi connectivity index (χ2n) is 3.47. The second kappa shape index (κ2) is 5.14. The summed E-state index contributed by atoms with van der Waals surface area (Å²) in [6.07, 6.45) is 0. The Morgan fingerprint density at radius 2 is 2.00 bits per heavy atom. The molecule has 0 aliphatic rings. The van der Waals surface area contributed by atoms with Gasteiger partial charge in [-0.05, 0) is 13.0 Å². The van der Waals surface area contributed by atoms with Crippen LogP contribution in [0.2, 0.25) is 0 Å². The van der Waals surface area contributed by atoms with Crippen LogP contribution in [0.1, 0.15) is 12.5 Å². The Bertz CT molecular complexity index is 340. The van der Waals surface area contributed by atoms with Gasteiger partial charge in [0.25, 0.3) is 0 Å². The van der Waals surface area contributed by atoms with E-state index in [4.69, 9.17) is 5.73 Å². The molecule has 0 aliphatic carbocycles. The fourth-order valence-electron chi connectivity index (χ4n) is 1.17. The summed E-state index contributed by atoms with van der Waals surface area (Å²) < 4.78 is 38.6. The van der Waals surface area contributed by atoms with Crippen molar-refractivity contribution in [1.29, 1.82) is 0 Å². The molecule has 1 aromatic rings. The van der Waals surface area contributed by atoms with Crippen LogP contribution in [0.5, 0.6) is 0 Å². The predicted molar refractivity (Wildman–Crippen MR) is 51.7 cm³/mol. The zero-order valence-electron chi connectivity index (χ0n) is 8.36. The van der Waals surface area contributed by atoms with E-state index in [1.807, 2.05) is 0 Å². The van der Waals surface area contributed by atoms with Crippen molar-refractivity contribution < 1.29 is 13.2 Å². The largest absolute Gasteiger partial charge is 0.327 e. The molecule has 0 aliphatic heterocycles. The van der Waals surface area contributed by atoms with Crippen LogP contribution in [-0.4, -0.2) is 12.6 Å². The van der Waals surface area contributed by atoms with E-state index >= 15 is 0 Å². The van der Waals surface area contributed by atoms with Crippen molar-refractivity contribution in [1.82, 2.24) is 5.32 Å². The third kappa shape index (κ3) is 3.53. The first kappa shape index (κ1) is 12.0. The molecule has 0 unspecified atom stereocenters. The molecule has 5 heteroatoms. The van der Waals surface area contributed by atoms with Gasteiger partial charge < -0.3 is 11.1 Å². The lowest BCUT2D eigenvalue weighted by atomic mass is 10.2. The molecular weight excluding hydrogens is 205 g/mol. The molecule has 0 saturated carbocycles. The zero-order valence-corrected chi connectivity index (χ0v) is 8.36. The van der Waals surface area contributed by atoms with Gasteiger partial charge in [0.2, 0.25) is 0 Å². The summed E-state index contributed by atoms with van der Waals surface area (Å²) in [6.45, 7) is 2.29. The number of benzene rings is 1. The maximum absolute atomic E-state index is 13.1. The van der Waals surface area contributed by atoms with Crippen LogP contribution < -0.4 is 11.1 Å². The number of halogens is 3. The van der Waals surface area contributed by atoms with E-state index in [-0.39, 0.29) is 18.2 Å². The first-order valence-corrected chi connectivity index (χ1v) is 4.60. The van der Waals surface area contributed by atoms with Crippen molar-refractivity contribution in [2.75, 3.05) is 6.54 Å². The van der Waals surface area contributed by atoms with Crippen LogP contribution in [0.25, 0.3) is 0 Å². The molecular formula is C10H13F3N2. The summed E-state index contributed by atoms with van der Waals surface area (Å²) in [5.74, 6) is -2.98. The highest BCUT2D eigenvalue weighted by atomic mass is 19.2. The highest BCUT2D eigenvalue weighted by Crippen LogP contribution is 2.13. The topological polar surface area (TPSA) is 38.0 Å². The number of hydrogen-bond donors (Lipinski definition) is 2. The van der Waals surface area contributed by atoms with E-state index in [0.29, 0.717) is 12.6 Å². The van der Waals surface area contributed by atoms with E-state index in [1.165, 1.54) is 0 Å². The van der Waals surface area contributed by atoms with Crippen molar-refractivity contribution >= 4 is 0 Å². The Balaban J connectivity index is 2.68. The normalized spacial score (nSPS) is 12.9. The third-order valence-corrected chi connectivity index (χ3v) is 1.85. The predicted octanol–water partition coefficient (Wildman–Crippen LogP) is 1.54. The van der Waals surface area contributed by atoms with Crippen molar-refractivity contribution in [3.8, 4) is 0 Å². The number of nitrogens with two attached hydrogens (primary N) is 1. The monoisotopic (exact) mass is 218 g/mol. The molecule has 84 valence electrons. The molecule has 15 heavy (non-hydrogen) atoms. The molecule has 1 rings (SSSR count). The molecule has 0 spiro atoms. The molecule has 0 heterocycles. The average Bonchev–Trinajstić information content (AvgIpc) is 2.12. The maximum Gasteiger partial charge on any atom is 0.163 e. The van der Waals surface area contributed by atoms with E-state index in [0.717, 1.165) is 6.07 Å². The summed E-state index contributed by atoms with van der Waals surface area (Å²) in [4.78, 5) is 0. The van der Waals surface area contributed by atoms with Crippen LogP contribution in [-0.2, 0) is 6.54 Å². The van der Waals surface area contributed by atoms with Gasteiger partial charge in [-0.2, -0.15) is 0 Å². The number of nitrogens with one attached hydrogen (secondary N) is 1. The first-order chi connectivity index (χ1) is 7.00. The fraction of sp³-hybridized carbons (Fsp3) is 0.400. The molecule has 0 saturated heterocycles. The maximum atomic E-state index is 13.1. The molecule has 1 atom stereocenters. The summed E-state index contributed by atoms with van der Waals surface area (Å²) >= 11 is 0. The van der Waals surface area contributed by atoms with E-state index in [1.54, 1.807) is 6.92 Å². The van der Waals surface area contributed by atoms with Gasteiger partial charge >= 0.3 is 0 Å². The van der Waals surface area contributed by atoms with Gasteiger partial charge in [0, 0.05) is 30.8 Å². The standard InChI is InChI=1S/C10H13F3N2/c1-6(14)4-15-5-7-2-8(11)3-9(12)10(7)13/h2-3,6,15H,4-5,14H2,1H3/t6-/m0/s1. The van der Waals surface area contributed by atoms with Gasteiger partial charge in [0.15, 0.2) is 11.6 Å². The minimum absolute atomic E-state index is 0.0341. The van der Waals surface area contributed by atoms with Crippen LogP contribution >= 0.6 is 0 Å². The van der Waals surface area contributed by atoms with Crippen molar-refractivity contribution in [3.63, 3.8) is 0 Å². The lowest BCUT2D eigenvalue weighted by Gasteiger charge is -2.08. The Labute approximate surface area is 86.3 Å². The van der Waals surface area contributed by atoms with Crippen LogP contribution in [0, 0.1) is 17.5 Å². The molecule has 3 N–H and O–H groups in total. The first-order valence-electron chi connectivity index (χ1n) is 4.60. The minimum Gasteiger partial charge on any atom is -0.327 e. The van der Waals surface area contributed by atoms with Gasteiger partial charge in [-0.15, -0.1) is 0 Å². The molecule has 0 fully saturated rings. The Kier molecular flexibility index (Phi) is 4.11. The van der Waals surface area contributed by atoms with E-state index < -0.39 is 17.5 Å². The van der Waals surface area contributed by atoms with Crippen molar-refractivity contribution in [2.24, 2.45) is 5.73 Å². The smallest absolute Gasteiger partial charge is 0.163 e. The summed E-state index contributed by atoms with van der Waals surface area (Å²) in [5.41, 5.74) is 5.42. The van der Waals surface area contributed by atoms with E-state index in [2.05, 4.69) is 5.32 Å². The van der Waals surface area contributed by atoms with E-state index in [9.17, 15) is 13.2 Å². The minimum atomic E-state index is -1.17. The van der Waals surface area contributed by atoms with Crippen LogP contribution in [0.3, 0.4) is 0 Å². The van der Waals surface area contributed by atoms with Gasteiger partial charge in [-0.25, -0.2) is 13.2 Å². The zero-order chi connectivity index (χ0) is 11.4. The highest BCUT2D eigenvalue weighted by molar-refractivity contribution is 5.20. The van der Waals surface area contributed by atoms with Gasteiger partial charge in [-0.3, -0.25) is 0 Å². The van der Waals surface area contributed by atoms with Crippen molar-refractivity contribution in [2.45, 2.75) is 19.5 Å². The SMILES string of the molecule is C[C@H](N)CNCc1cc(F)cc(F)c1F. The Morgan fingerprint density at radius 1 is 1.33 bits per heavy atom.